The average molecular weight is 263 g/mol. The number of benzene rings is 1. The fraction of sp³-hybridized carbons (Fsp3) is 0.385. The van der Waals surface area contributed by atoms with Crippen molar-refractivity contribution in [3.63, 3.8) is 0 Å². The minimum Gasteiger partial charge on any atom is -0.496 e. The van der Waals surface area contributed by atoms with Crippen molar-refractivity contribution in [2.75, 3.05) is 7.11 Å². The van der Waals surface area contributed by atoms with Gasteiger partial charge in [-0.25, -0.2) is 4.98 Å². The summed E-state index contributed by atoms with van der Waals surface area (Å²) in [5.41, 5.74) is 2.50. The summed E-state index contributed by atoms with van der Waals surface area (Å²) in [5.74, 6) is 1.86. The molecule has 2 N–H and O–H groups in total. The van der Waals surface area contributed by atoms with Gasteiger partial charge in [0, 0.05) is 6.42 Å². The largest absolute Gasteiger partial charge is 0.496 e. The van der Waals surface area contributed by atoms with Crippen molar-refractivity contribution in [3.8, 4) is 5.75 Å². The molecule has 2 aromatic rings. The molecule has 96 valence electrons. The molecule has 0 atom stereocenters. The average Bonchev–Trinajstić information content (AvgIpc) is 2.75. The molecule has 0 saturated heterocycles. The molecule has 0 bridgehead atoms. The molecule has 0 aliphatic heterocycles. The molecule has 0 fully saturated rings. The summed E-state index contributed by atoms with van der Waals surface area (Å²) in [4.78, 5) is 4.17. The third kappa shape index (κ3) is 3.20. The van der Waals surface area contributed by atoms with Crippen molar-refractivity contribution in [3.05, 3.63) is 39.9 Å². The van der Waals surface area contributed by atoms with E-state index in [4.69, 9.17) is 17.0 Å². The molecule has 18 heavy (non-hydrogen) atoms. The zero-order chi connectivity index (χ0) is 13.0. The number of aromatic amines is 2. The van der Waals surface area contributed by atoms with E-state index in [-0.39, 0.29) is 0 Å². The summed E-state index contributed by atoms with van der Waals surface area (Å²) >= 11 is 4.92. The first-order chi connectivity index (χ1) is 8.69. The fourth-order valence-electron chi connectivity index (χ4n) is 1.97. The highest BCUT2D eigenvalue weighted by atomic mass is 32.1. The van der Waals surface area contributed by atoms with Crippen molar-refractivity contribution in [2.24, 2.45) is 0 Å². The number of aryl methyl sites for hydroxylation is 3. The quantitative estimate of drug-likeness (QED) is 0.815. The van der Waals surface area contributed by atoms with Gasteiger partial charge in [0.1, 0.15) is 11.6 Å². The Hall–Kier alpha value is -1.62. The predicted molar refractivity (Wildman–Crippen MR) is 73.5 cm³/mol. The van der Waals surface area contributed by atoms with Crippen molar-refractivity contribution >= 4 is 12.2 Å². The smallest absolute Gasteiger partial charge is 0.213 e. The zero-order valence-corrected chi connectivity index (χ0v) is 11.4. The first-order valence-corrected chi connectivity index (χ1v) is 6.37. The molecule has 0 saturated carbocycles. The van der Waals surface area contributed by atoms with E-state index in [0.717, 1.165) is 30.8 Å². The monoisotopic (exact) mass is 263 g/mol. The summed E-state index contributed by atoms with van der Waals surface area (Å²) in [6.07, 6.45) is 2.86. The number of aromatic nitrogens is 3. The van der Waals surface area contributed by atoms with Crippen LogP contribution in [0.25, 0.3) is 0 Å². The summed E-state index contributed by atoms with van der Waals surface area (Å²) in [6, 6.07) is 6.26. The van der Waals surface area contributed by atoms with E-state index in [9.17, 15) is 0 Å². The van der Waals surface area contributed by atoms with Gasteiger partial charge in [-0.05, 0) is 43.6 Å². The van der Waals surface area contributed by atoms with Gasteiger partial charge in [0.05, 0.1) is 7.11 Å². The van der Waals surface area contributed by atoms with E-state index in [1.165, 1.54) is 11.1 Å². The highest BCUT2D eigenvalue weighted by Crippen LogP contribution is 2.21. The molecule has 0 unspecified atom stereocenters. The normalized spacial score (nSPS) is 10.6. The lowest BCUT2D eigenvalue weighted by Gasteiger charge is -2.08. The van der Waals surface area contributed by atoms with Gasteiger partial charge < -0.3 is 4.74 Å². The maximum atomic E-state index is 5.36. The van der Waals surface area contributed by atoms with Crippen LogP contribution in [0.5, 0.6) is 5.75 Å². The third-order valence-electron chi connectivity index (χ3n) is 2.85. The lowest BCUT2D eigenvalue weighted by Crippen LogP contribution is -1.96. The summed E-state index contributed by atoms with van der Waals surface area (Å²) in [7, 11) is 1.71. The molecule has 0 radical (unpaired) electrons. The molecule has 2 rings (SSSR count). The molecule has 4 nitrogen and oxygen atoms in total. The molecule has 0 spiro atoms. The molecular formula is C13H17N3OS. The molecule has 0 aliphatic rings. The van der Waals surface area contributed by atoms with Crippen LogP contribution in [0.4, 0.5) is 0 Å². The lowest BCUT2D eigenvalue weighted by molar-refractivity contribution is 0.409. The highest BCUT2D eigenvalue weighted by Gasteiger charge is 2.04. The van der Waals surface area contributed by atoms with E-state index < -0.39 is 0 Å². The van der Waals surface area contributed by atoms with Gasteiger partial charge in [-0.3, -0.25) is 10.2 Å². The van der Waals surface area contributed by atoms with Crippen LogP contribution in [0, 0.1) is 11.7 Å². The minimum atomic E-state index is 0.512. The zero-order valence-electron chi connectivity index (χ0n) is 10.6. The summed E-state index contributed by atoms with van der Waals surface area (Å²) < 4.78 is 5.87. The fourth-order valence-corrected chi connectivity index (χ4v) is 2.13. The van der Waals surface area contributed by atoms with Crippen molar-refractivity contribution < 1.29 is 4.74 Å². The Morgan fingerprint density at radius 3 is 2.78 bits per heavy atom. The Labute approximate surface area is 111 Å². The van der Waals surface area contributed by atoms with E-state index >= 15 is 0 Å². The van der Waals surface area contributed by atoms with Crippen LogP contribution >= 0.6 is 12.2 Å². The van der Waals surface area contributed by atoms with Gasteiger partial charge in [-0.15, -0.1) is 0 Å². The van der Waals surface area contributed by atoms with Crippen molar-refractivity contribution in [1.82, 2.24) is 15.2 Å². The second-order valence-electron chi connectivity index (χ2n) is 4.28. The number of hydrogen-bond donors (Lipinski definition) is 2. The Kier molecular flexibility index (Phi) is 4.15. The van der Waals surface area contributed by atoms with E-state index in [2.05, 4.69) is 34.2 Å². The Balaban J connectivity index is 1.97. The SMILES string of the molecule is COc1ccc(C)cc1CCCc1nc(=S)[nH][nH]1. The standard InChI is InChI=1S/C13H17N3OS/c1-9-6-7-11(17-2)10(8-9)4-3-5-12-14-13(18)16-15-12/h6-8H,3-5H2,1-2H3,(H2,14,15,16,18). The Bertz CT molecular complexity index is 574. The highest BCUT2D eigenvalue weighted by molar-refractivity contribution is 7.71. The number of H-pyrrole nitrogens is 2. The molecule has 1 aromatic heterocycles. The van der Waals surface area contributed by atoms with Crippen LogP contribution in [0.2, 0.25) is 0 Å². The molecule has 0 aliphatic carbocycles. The number of ether oxygens (including phenoxy) is 1. The van der Waals surface area contributed by atoms with Crippen molar-refractivity contribution in [2.45, 2.75) is 26.2 Å². The first-order valence-electron chi connectivity index (χ1n) is 5.96. The second-order valence-corrected chi connectivity index (χ2v) is 4.67. The van der Waals surface area contributed by atoms with Crippen LogP contribution in [0.1, 0.15) is 23.4 Å². The van der Waals surface area contributed by atoms with E-state index in [1.54, 1.807) is 7.11 Å². The van der Waals surface area contributed by atoms with Gasteiger partial charge in [0.15, 0.2) is 0 Å². The Morgan fingerprint density at radius 1 is 1.28 bits per heavy atom. The molecule has 1 aromatic carbocycles. The van der Waals surface area contributed by atoms with Gasteiger partial charge in [0.2, 0.25) is 4.77 Å². The number of hydrogen-bond acceptors (Lipinski definition) is 3. The van der Waals surface area contributed by atoms with Crippen LogP contribution in [0.15, 0.2) is 18.2 Å². The predicted octanol–water partition coefficient (Wildman–Crippen LogP) is 2.96. The van der Waals surface area contributed by atoms with Gasteiger partial charge >= 0.3 is 0 Å². The third-order valence-corrected chi connectivity index (χ3v) is 3.04. The molecule has 1 heterocycles. The van der Waals surface area contributed by atoms with E-state index in [0.29, 0.717) is 4.77 Å². The van der Waals surface area contributed by atoms with E-state index in [1.807, 2.05) is 6.07 Å². The van der Waals surface area contributed by atoms with Gasteiger partial charge in [-0.1, -0.05) is 17.7 Å². The van der Waals surface area contributed by atoms with Crippen LogP contribution in [0.3, 0.4) is 0 Å². The van der Waals surface area contributed by atoms with Gasteiger partial charge in [0.25, 0.3) is 0 Å². The van der Waals surface area contributed by atoms with Crippen molar-refractivity contribution in [1.29, 1.82) is 0 Å². The second kappa shape index (κ2) is 5.82. The molecular weight excluding hydrogens is 246 g/mol. The number of methoxy groups -OCH3 is 1. The van der Waals surface area contributed by atoms with Crippen LogP contribution < -0.4 is 4.74 Å². The lowest BCUT2D eigenvalue weighted by atomic mass is 10.0. The summed E-state index contributed by atoms with van der Waals surface area (Å²) in [5, 5.41) is 5.76. The topological polar surface area (TPSA) is 53.7 Å². The van der Waals surface area contributed by atoms with Crippen LogP contribution in [-0.2, 0) is 12.8 Å². The number of rotatable bonds is 5. The maximum absolute atomic E-state index is 5.36. The van der Waals surface area contributed by atoms with Crippen LogP contribution in [-0.4, -0.2) is 22.3 Å². The molecule has 0 amide bonds. The first kappa shape index (κ1) is 12.8. The molecule has 5 heteroatoms. The maximum Gasteiger partial charge on any atom is 0.213 e. The minimum absolute atomic E-state index is 0.512. The summed E-state index contributed by atoms with van der Waals surface area (Å²) in [6.45, 7) is 2.09. The Morgan fingerprint density at radius 2 is 2.11 bits per heavy atom. The van der Waals surface area contributed by atoms with Gasteiger partial charge in [-0.2, -0.15) is 0 Å². The number of nitrogens with one attached hydrogen (secondary N) is 2. The number of nitrogens with zero attached hydrogens (tertiary/aromatic N) is 1.